The van der Waals surface area contributed by atoms with Crippen molar-refractivity contribution in [2.45, 2.75) is 113 Å². The van der Waals surface area contributed by atoms with Crippen molar-refractivity contribution in [1.82, 2.24) is 0 Å². The molecule has 10 N–H and O–H groups in total. The van der Waals surface area contributed by atoms with E-state index in [1.54, 1.807) is 6.92 Å². The van der Waals surface area contributed by atoms with Gasteiger partial charge in [0.1, 0.15) is 36.6 Å². The summed E-state index contributed by atoms with van der Waals surface area (Å²) in [7, 11) is 0. The number of aliphatic hydroxyl groups excluding tert-OH is 6. The van der Waals surface area contributed by atoms with Crippen LogP contribution in [0.2, 0.25) is 0 Å². The van der Waals surface area contributed by atoms with Crippen LogP contribution in [-0.2, 0) is 18.9 Å². The zero-order chi connectivity index (χ0) is 24.6. The molecule has 194 valence electrons. The Kier molecular flexibility index (Phi) is 9.09. The van der Waals surface area contributed by atoms with E-state index < -0.39 is 92.1 Å². The molecule has 3 aliphatic rings. The van der Waals surface area contributed by atoms with Gasteiger partial charge in [-0.25, -0.2) is 0 Å². The van der Waals surface area contributed by atoms with Gasteiger partial charge in [0, 0.05) is 12.0 Å². The molecule has 0 amide bonds. The fourth-order valence-electron chi connectivity index (χ4n) is 4.97. The quantitative estimate of drug-likeness (QED) is 0.188. The first-order chi connectivity index (χ1) is 15.5. The SMILES string of the molecule is CC[C@H]1O[C@H](OC2[C@@H](C)C[C@@H](N)[C@H](O[C@H]3O[C@H](CO)[C@@H](O)[C@H](N)[C@H]3O)[C@H]2O)[C@H](C)[C@@H](O)[C@@H]1O. The van der Waals surface area contributed by atoms with Gasteiger partial charge in [-0.2, -0.15) is 0 Å². The van der Waals surface area contributed by atoms with Crippen LogP contribution in [0.1, 0.15) is 33.6 Å². The number of ether oxygens (including phenoxy) is 4. The monoisotopic (exact) mass is 480 g/mol. The van der Waals surface area contributed by atoms with E-state index in [-0.39, 0.29) is 5.92 Å². The minimum absolute atomic E-state index is 0.193. The zero-order valence-corrected chi connectivity index (χ0v) is 19.3. The Morgan fingerprint density at radius 2 is 1.39 bits per heavy atom. The summed E-state index contributed by atoms with van der Waals surface area (Å²) in [5, 5.41) is 61.6. The molecule has 0 aromatic heterocycles. The third-order valence-corrected chi connectivity index (χ3v) is 7.23. The largest absolute Gasteiger partial charge is 0.394 e. The van der Waals surface area contributed by atoms with Crippen molar-refractivity contribution in [1.29, 1.82) is 0 Å². The average molecular weight is 481 g/mol. The highest BCUT2D eigenvalue weighted by atomic mass is 16.7. The number of rotatable bonds is 6. The molecule has 1 saturated carbocycles. The van der Waals surface area contributed by atoms with Crippen molar-refractivity contribution in [3.8, 4) is 0 Å². The lowest BCUT2D eigenvalue weighted by Crippen LogP contribution is -2.66. The van der Waals surface area contributed by atoms with Gasteiger partial charge < -0.3 is 61.1 Å². The smallest absolute Gasteiger partial charge is 0.186 e. The van der Waals surface area contributed by atoms with Crippen molar-refractivity contribution < 1.29 is 49.6 Å². The van der Waals surface area contributed by atoms with Gasteiger partial charge in [0.05, 0.1) is 31.0 Å². The van der Waals surface area contributed by atoms with Crippen LogP contribution >= 0.6 is 0 Å². The molecule has 12 heteroatoms. The Balaban J connectivity index is 1.72. The summed E-state index contributed by atoms with van der Waals surface area (Å²) in [5.74, 6) is -0.744. The molecule has 0 spiro atoms. The molecule has 0 aromatic rings. The van der Waals surface area contributed by atoms with E-state index in [1.165, 1.54) is 0 Å². The summed E-state index contributed by atoms with van der Waals surface area (Å²) >= 11 is 0. The van der Waals surface area contributed by atoms with Gasteiger partial charge in [-0.1, -0.05) is 20.8 Å². The molecule has 3 fully saturated rings. The number of nitrogens with two attached hydrogens (primary N) is 2. The van der Waals surface area contributed by atoms with E-state index in [9.17, 15) is 30.6 Å². The van der Waals surface area contributed by atoms with Crippen LogP contribution in [0.3, 0.4) is 0 Å². The van der Waals surface area contributed by atoms with Crippen molar-refractivity contribution in [3.63, 3.8) is 0 Å². The fraction of sp³-hybridized carbons (Fsp3) is 1.00. The maximum Gasteiger partial charge on any atom is 0.186 e. The van der Waals surface area contributed by atoms with Gasteiger partial charge >= 0.3 is 0 Å². The fourth-order valence-corrected chi connectivity index (χ4v) is 4.97. The Morgan fingerprint density at radius 1 is 0.788 bits per heavy atom. The molecule has 2 heterocycles. The van der Waals surface area contributed by atoms with Gasteiger partial charge in [-0.15, -0.1) is 0 Å². The van der Waals surface area contributed by atoms with E-state index >= 15 is 0 Å². The Morgan fingerprint density at radius 3 is 2.00 bits per heavy atom. The molecule has 2 saturated heterocycles. The highest BCUT2D eigenvalue weighted by Gasteiger charge is 2.50. The standard InChI is InChI=1S/C21H40N2O10/c1-4-10-15(27)13(25)8(3)20(30-10)32-18-7(2)5-9(22)19(17(18)29)33-21-16(28)12(23)14(26)11(6-24)31-21/h7-21,24-29H,4-6,22-23H2,1-3H3/t7-,8+,9+,10+,11+,12-,13+,14+,15+,16+,17-,18?,19-,20+,21+/m0/s1. The molecule has 12 nitrogen and oxygen atoms in total. The molecule has 3 rings (SSSR count). The Labute approximate surface area is 193 Å². The molecule has 1 unspecified atom stereocenters. The lowest BCUT2D eigenvalue weighted by molar-refractivity contribution is -0.328. The second kappa shape index (κ2) is 11.1. The van der Waals surface area contributed by atoms with E-state index in [1.807, 2.05) is 13.8 Å². The third kappa shape index (κ3) is 5.37. The maximum absolute atomic E-state index is 11.1. The molecule has 0 aromatic carbocycles. The summed E-state index contributed by atoms with van der Waals surface area (Å²) in [6, 6.07) is -1.75. The average Bonchev–Trinajstić information content (AvgIpc) is 2.79. The topological polar surface area (TPSA) is 210 Å². The van der Waals surface area contributed by atoms with Crippen LogP contribution < -0.4 is 11.5 Å². The minimum atomic E-state index is -1.41. The third-order valence-electron chi connectivity index (χ3n) is 7.23. The second-order valence-corrected chi connectivity index (χ2v) is 9.64. The van der Waals surface area contributed by atoms with E-state index in [0.29, 0.717) is 12.8 Å². The van der Waals surface area contributed by atoms with Crippen LogP contribution in [0.4, 0.5) is 0 Å². The van der Waals surface area contributed by atoms with Gasteiger partial charge in [-0.05, 0) is 18.8 Å². The van der Waals surface area contributed by atoms with E-state index in [2.05, 4.69) is 0 Å². The Bertz CT molecular complexity index is 578. The molecular formula is C21H40N2O10. The Hall–Kier alpha value is -0.480. The highest BCUT2D eigenvalue weighted by molar-refractivity contribution is 4.98. The summed E-state index contributed by atoms with van der Waals surface area (Å²) in [5.41, 5.74) is 12.1. The number of aliphatic hydroxyl groups is 6. The first-order valence-corrected chi connectivity index (χ1v) is 11.7. The number of hydrogen-bond acceptors (Lipinski definition) is 12. The molecular weight excluding hydrogens is 440 g/mol. The predicted octanol–water partition coefficient (Wildman–Crippen LogP) is -3.26. The van der Waals surface area contributed by atoms with Crippen LogP contribution in [0, 0.1) is 11.8 Å². The first kappa shape index (κ1) is 27.1. The van der Waals surface area contributed by atoms with Crippen LogP contribution in [-0.4, -0.2) is 117 Å². The second-order valence-electron chi connectivity index (χ2n) is 9.64. The molecule has 0 bridgehead atoms. The predicted molar refractivity (Wildman–Crippen MR) is 113 cm³/mol. The summed E-state index contributed by atoms with van der Waals surface area (Å²) in [6.45, 7) is 4.84. The molecule has 15 atom stereocenters. The number of hydrogen-bond donors (Lipinski definition) is 8. The first-order valence-electron chi connectivity index (χ1n) is 11.7. The van der Waals surface area contributed by atoms with Crippen LogP contribution in [0.5, 0.6) is 0 Å². The van der Waals surface area contributed by atoms with Crippen LogP contribution in [0.25, 0.3) is 0 Å². The molecule has 0 radical (unpaired) electrons. The van der Waals surface area contributed by atoms with Crippen molar-refractivity contribution >= 4 is 0 Å². The maximum atomic E-state index is 11.1. The lowest BCUT2D eigenvalue weighted by atomic mass is 9.80. The molecule has 33 heavy (non-hydrogen) atoms. The van der Waals surface area contributed by atoms with E-state index in [0.717, 1.165) is 0 Å². The van der Waals surface area contributed by atoms with Crippen LogP contribution in [0.15, 0.2) is 0 Å². The van der Waals surface area contributed by atoms with E-state index in [4.69, 9.17) is 30.4 Å². The van der Waals surface area contributed by atoms with Crippen molar-refractivity contribution in [3.05, 3.63) is 0 Å². The molecule has 2 aliphatic heterocycles. The zero-order valence-electron chi connectivity index (χ0n) is 19.3. The summed E-state index contributed by atoms with van der Waals surface area (Å²) in [6.07, 6.45) is -10.8. The van der Waals surface area contributed by atoms with Crippen molar-refractivity contribution in [2.75, 3.05) is 6.61 Å². The minimum Gasteiger partial charge on any atom is -0.394 e. The normalized spacial score (nSPS) is 53.7. The highest BCUT2D eigenvalue weighted by Crippen LogP contribution is 2.35. The van der Waals surface area contributed by atoms with Crippen molar-refractivity contribution in [2.24, 2.45) is 23.3 Å². The summed E-state index contributed by atoms with van der Waals surface area (Å²) < 4.78 is 23.3. The van der Waals surface area contributed by atoms with Gasteiger partial charge in [-0.3, -0.25) is 0 Å². The van der Waals surface area contributed by atoms with Gasteiger partial charge in [0.25, 0.3) is 0 Å². The lowest BCUT2D eigenvalue weighted by Gasteiger charge is -2.48. The van der Waals surface area contributed by atoms with Gasteiger partial charge in [0.15, 0.2) is 12.6 Å². The van der Waals surface area contributed by atoms with Gasteiger partial charge in [0.2, 0.25) is 0 Å². The molecule has 1 aliphatic carbocycles. The summed E-state index contributed by atoms with van der Waals surface area (Å²) in [4.78, 5) is 0.